The monoisotopic (exact) mass is 163 g/mol. The standard InChI is InChI=1S/C6H11F2N3/c1-2-5(9)3-11(10)4-6(7)8/h2-3,6H,1,4,9-10H2/b5-3+. The van der Waals surface area contributed by atoms with Crippen molar-refractivity contribution in [1.29, 1.82) is 0 Å². The first-order chi connectivity index (χ1) is 5.06. The van der Waals surface area contributed by atoms with Crippen LogP contribution in [0.15, 0.2) is 24.6 Å². The molecule has 5 heteroatoms. The van der Waals surface area contributed by atoms with E-state index in [1.54, 1.807) is 0 Å². The van der Waals surface area contributed by atoms with Gasteiger partial charge in [0, 0.05) is 11.9 Å². The van der Waals surface area contributed by atoms with Gasteiger partial charge >= 0.3 is 0 Å². The molecule has 0 bridgehead atoms. The van der Waals surface area contributed by atoms with Crippen molar-refractivity contribution in [2.24, 2.45) is 11.6 Å². The summed E-state index contributed by atoms with van der Waals surface area (Å²) in [5, 5.41) is 0.821. The molecule has 0 spiro atoms. The second-order valence-corrected chi connectivity index (χ2v) is 1.92. The van der Waals surface area contributed by atoms with Crippen molar-refractivity contribution in [2.45, 2.75) is 6.43 Å². The molecule has 0 rings (SSSR count). The van der Waals surface area contributed by atoms with Gasteiger partial charge < -0.3 is 10.7 Å². The fraction of sp³-hybridized carbons (Fsp3) is 0.333. The maximum atomic E-state index is 11.6. The smallest absolute Gasteiger partial charge is 0.257 e. The Hall–Kier alpha value is -1.10. The first kappa shape index (κ1) is 9.90. The number of allylic oxidation sites excluding steroid dienone is 1. The fourth-order valence-corrected chi connectivity index (χ4v) is 0.456. The van der Waals surface area contributed by atoms with Gasteiger partial charge in [-0.25, -0.2) is 14.6 Å². The van der Waals surface area contributed by atoms with Gasteiger partial charge in [0.1, 0.15) is 0 Å². The number of alkyl halides is 2. The second-order valence-electron chi connectivity index (χ2n) is 1.92. The van der Waals surface area contributed by atoms with Gasteiger partial charge in [0.25, 0.3) is 6.43 Å². The Balaban J connectivity index is 3.85. The minimum atomic E-state index is -2.46. The highest BCUT2D eigenvalue weighted by atomic mass is 19.3. The molecule has 0 aliphatic rings. The van der Waals surface area contributed by atoms with Crippen LogP contribution in [0.3, 0.4) is 0 Å². The van der Waals surface area contributed by atoms with Crippen molar-refractivity contribution < 1.29 is 8.78 Å². The summed E-state index contributed by atoms with van der Waals surface area (Å²) in [5.74, 6) is 5.10. The molecule has 0 heterocycles. The van der Waals surface area contributed by atoms with E-state index >= 15 is 0 Å². The summed E-state index contributed by atoms with van der Waals surface area (Å²) >= 11 is 0. The SMILES string of the molecule is C=C/C(N)=C\N(N)CC(F)F. The van der Waals surface area contributed by atoms with E-state index in [1.165, 1.54) is 12.3 Å². The molecule has 4 N–H and O–H groups in total. The van der Waals surface area contributed by atoms with E-state index in [4.69, 9.17) is 11.6 Å². The van der Waals surface area contributed by atoms with Gasteiger partial charge in [0.2, 0.25) is 0 Å². The minimum Gasteiger partial charge on any atom is -0.398 e. The van der Waals surface area contributed by atoms with E-state index in [9.17, 15) is 8.78 Å². The maximum Gasteiger partial charge on any atom is 0.257 e. The van der Waals surface area contributed by atoms with Crippen molar-refractivity contribution in [3.63, 3.8) is 0 Å². The molecule has 64 valence electrons. The molecule has 0 aromatic carbocycles. The molecule has 0 amide bonds. The minimum absolute atomic E-state index is 0.258. The second kappa shape index (κ2) is 4.68. The van der Waals surface area contributed by atoms with E-state index in [1.807, 2.05) is 0 Å². The molecule has 0 radical (unpaired) electrons. The molecule has 0 aromatic rings. The first-order valence-corrected chi connectivity index (χ1v) is 2.95. The highest BCUT2D eigenvalue weighted by molar-refractivity contribution is 5.10. The Kier molecular flexibility index (Phi) is 4.21. The van der Waals surface area contributed by atoms with Gasteiger partial charge in [-0.05, 0) is 6.08 Å². The van der Waals surface area contributed by atoms with Gasteiger partial charge in [0.05, 0.1) is 6.54 Å². The Morgan fingerprint density at radius 1 is 1.64 bits per heavy atom. The van der Waals surface area contributed by atoms with Crippen LogP contribution in [0.2, 0.25) is 0 Å². The van der Waals surface area contributed by atoms with Crippen LogP contribution in [-0.4, -0.2) is 18.0 Å². The lowest BCUT2D eigenvalue weighted by atomic mass is 10.5. The largest absolute Gasteiger partial charge is 0.398 e. The predicted molar refractivity (Wildman–Crippen MR) is 39.4 cm³/mol. The van der Waals surface area contributed by atoms with E-state index in [2.05, 4.69) is 6.58 Å². The summed E-state index contributed by atoms with van der Waals surface area (Å²) < 4.78 is 23.2. The molecule has 0 atom stereocenters. The van der Waals surface area contributed by atoms with E-state index in [0.717, 1.165) is 5.01 Å². The molecule has 0 saturated carbocycles. The lowest BCUT2D eigenvalue weighted by Crippen LogP contribution is -2.31. The number of hydrogen-bond donors (Lipinski definition) is 2. The fourth-order valence-electron chi connectivity index (χ4n) is 0.456. The van der Waals surface area contributed by atoms with Gasteiger partial charge in [-0.2, -0.15) is 0 Å². The van der Waals surface area contributed by atoms with Gasteiger partial charge in [0.15, 0.2) is 0 Å². The van der Waals surface area contributed by atoms with Gasteiger partial charge in [-0.1, -0.05) is 6.58 Å². The van der Waals surface area contributed by atoms with Crippen LogP contribution in [0.1, 0.15) is 0 Å². The number of hydrogen-bond acceptors (Lipinski definition) is 3. The number of nitrogens with two attached hydrogens (primary N) is 2. The zero-order chi connectivity index (χ0) is 8.85. The molecule has 0 fully saturated rings. The molecular formula is C6H11F2N3. The van der Waals surface area contributed by atoms with Crippen LogP contribution in [0.5, 0.6) is 0 Å². The molecule has 0 aromatic heterocycles. The summed E-state index contributed by atoms with van der Waals surface area (Å²) in [6.45, 7) is 2.80. The van der Waals surface area contributed by atoms with E-state index in [-0.39, 0.29) is 5.70 Å². The molecular weight excluding hydrogens is 152 g/mol. The normalized spacial score (nSPS) is 11.8. The maximum absolute atomic E-state index is 11.6. The summed E-state index contributed by atoms with van der Waals surface area (Å²) in [5.41, 5.74) is 5.48. The lowest BCUT2D eigenvalue weighted by Gasteiger charge is -2.12. The van der Waals surface area contributed by atoms with Crippen LogP contribution in [0.25, 0.3) is 0 Å². The molecule has 11 heavy (non-hydrogen) atoms. The summed E-state index contributed by atoms with van der Waals surface area (Å²) in [7, 11) is 0. The van der Waals surface area contributed by atoms with Crippen LogP contribution >= 0.6 is 0 Å². The Labute approximate surface area is 63.9 Å². The quantitative estimate of drug-likeness (QED) is 0.358. The van der Waals surface area contributed by atoms with Gasteiger partial charge in [-0.15, -0.1) is 0 Å². The molecule has 0 unspecified atom stereocenters. The number of halogens is 2. The zero-order valence-corrected chi connectivity index (χ0v) is 6.00. The van der Waals surface area contributed by atoms with E-state index < -0.39 is 13.0 Å². The zero-order valence-electron chi connectivity index (χ0n) is 6.00. The molecule has 0 aliphatic carbocycles. The summed E-state index contributed by atoms with van der Waals surface area (Å²) in [6, 6.07) is 0. The average molecular weight is 163 g/mol. The first-order valence-electron chi connectivity index (χ1n) is 2.95. The Morgan fingerprint density at radius 2 is 2.18 bits per heavy atom. The highest BCUT2D eigenvalue weighted by Crippen LogP contribution is 1.95. The predicted octanol–water partition coefficient (Wildman–Crippen LogP) is 0.413. The van der Waals surface area contributed by atoms with Crippen LogP contribution in [0.4, 0.5) is 8.78 Å². The molecule has 3 nitrogen and oxygen atoms in total. The van der Waals surface area contributed by atoms with Crippen molar-refractivity contribution in [1.82, 2.24) is 5.01 Å². The van der Waals surface area contributed by atoms with Crippen molar-refractivity contribution >= 4 is 0 Å². The Bertz CT molecular complexity index is 156. The summed E-state index contributed by atoms with van der Waals surface area (Å²) in [4.78, 5) is 0. The number of nitrogens with zero attached hydrogens (tertiary/aromatic N) is 1. The molecule has 0 saturated heterocycles. The van der Waals surface area contributed by atoms with Crippen molar-refractivity contribution in [2.75, 3.05) is 6.54 Å². The molecule has 0 aliphatic heterocycles. The Morgan fingerprint density at radius 3 is 2.55 bits per heavy atom. The third-order valence-corrected chi connectivity index (χ3v) is 0.899. The van der Waals surface area contributed by atoms with E-state index in [0.29, 0.717) is 0 Å². The highest BCUT2D eigenvalue weighted by Gasteiger charge is 2.04. The number of hydrazine groups is 1. The van der Waals surface area contributed by atoms with Crippen LogP contribution in [0, 0.1) is 0 Å². The van der Waals surface area contributed by atoms with Crippen molar-refractivity contribution in [3.05, 3.63) is 24.6 Å². The third kappa shape index (κ3) is 5.35. The average Bonchev–Trinajstić information content (AvgIpc) is 1.85. The summed E-state index contributed by atoms with van der Waals surface area (Å²) in [6.07, 6.45) is 0.0543. The topological polar surface area (TPSA) is 55.3 Å². The van der Waals surface area contributed by atoms with Crippen LogP contribution < -0.4 is 11.6 Å². The van der Waals surface area contributed by atoms with Crippen molar-refractivity contribution in [3.8, 4) is 0 Å². The van der Waals surface area contributed by atoms with Crippen LogP contribution in [-0.2, 0) is 0 Å². The number of rotatable bonds is 4. The van der Waals surface area contributed by atoms with Gasteiger partial charge in [-0.3, -0.25) is 0 Å². The third-order valence-electron chi connectivity index (χ3n) is 0.899. The lowest BCUT2D eigenvalue weighted by molar-refractivity contribution is 0.109.